The van der Waals surface area contributed by atoms with Crippen LogP contribution < -0.4 is 5.32 Å². The molecule has 4 aromatic rings. The maximum absolute atomic E-state index is 12.9. The molecule has 6 nitrogen and oxygen atoms in total. The molecule has 0 spiro atoms. The number of rotatable bonds is 7. The molecule has 0 fully saturated rings. The van der Waals surface area contributed by atoms with Crippen LogP contribution in [0.3, 0.4) is 0 Å². The predicted molar refractivity (Wildman–Crippen MR) is 112 cm³/mol. The molecule has 4 rings (SSSR count). The molecule has 0 aliphatic carbocycles. The number of hydrogen-bond acceptors (Lipinski definition) is 6. The van der Waals surface area contributed by atoms with Crippen molar-refractivity contribution in [1.29, 1.82) is 0 Å². The molecule has 0 unspecified atom stereocenters. The summed E-state index contributed by atoms with van der Waals surface area (Å²) in [6, 6.07) is 11.9. The largest absolute Gasteiger partial charge is 0.467 e. The Hall–Kier alpha value is -3.05. The normalized spacial score (nSPS) is 11.6. The standard InChI is InChI=1S/C20H15F3N4O2S2/c21-20(22,23)13-4-1-5-14(10-13)24-17(28)12-31-19-26-25-18(16-7-3-9-30-16)27(19)11-15-6-2-8-29-15/h1-10H,11-12H2,(H,24,28). The number of nitrogens with one attached hydrogen (secondary N) is 1. The SMILES string of the molecule is O=C(CSc1nnc(-c2cccs2)n1Cc1ccco1)Nc1cccc(C(F)(F)F)c1. The first-order chi connectivity index (χ1) is 14.9. The first kappa shape index (κ1) is 21.2. The number of amides is 1. The molecule has 0 saturated heterocycles. The van der Waals surface area contributed by atoms with Crippen LogP contribution in [0.1, 0.15) is 11.3 Å². The molecule has 1 aromatic carbocycles. The Morgan fingerprint density at radius 3 is 2.74 bits per heavy atom. The molecule has 0 radical (unpaired) electrons. The second-order valence-corrected chi connectivity index (χ2v) is 8.25. The van der Waals surface area contributed by atoms with E-state index in [1.807, 2.05) is 28.1 Å². The van der Waals surface area contributed by atoms with Crippen molar-refractivity contribution in [2.75, 3.05) is 11.1 Å². The lowest BCUT2D eigenvalue weighted by Crippen LogP contribution is -2.15. The van der Waals surface area contributed by atoms with E-state index in [4.69, 9.17) is 4.42 Å². The number of thioether (sulfide) groups is 1. The lowest BCUT2D eigenvalue weighted by Gasteiger charge is -2.10. The summed E-state index contributed by atoms with van der Waals surface area (Å²) in [5.74, 6) is 0.853. The molecule has 0 aliphatic heterocycles. The highest BCUT2D eigenvalue weighted by Crippen LogP contribution is 2.31. The zero-order chi connectivity index (χ0) is 21.8. The molecule has 11 heteroatoms. The molecular formula is C20H15F3N4O2S2. The summed E-state index contributed by atoms with van der Waals surface area (Å²) in [6.07, 6.45) is -2.91. The lowest BCUT2D eigenvalue weighted by molar-refractivity contribution is -0.137. The average Bonchev–Trinajstić information content (AvgIpc) is 3.49. The van der Waals surface area contributed by atoms with E-state index in [0.29, 0.717) is 23.3 Å². The maximum Gasteiger partial charge on any atom is 0.416 e. The van der Waals surface area contributed by atoms with Crippen molar-refractivity contribution in [1.82, 2.24) is 14.8 Å². The smallest absolute Gasteiger partial charge is 0.416 e. The summed E-state index contributed by atoms with van der Waals surface area (Å²) in [6.45, 7) is 0.380. The van der Waals surface area contributed by atoms with E-state index in [-0.39, 0.29) is 11.4 Å². The number of furan rings is 1. The molecule has 0 saturated carbocycles. The van der Waals surface area contributed by atoms with E-state index in [0.717, 1.165) is 28.8 Å². The first-order valence-electron chi connectivity index (χ1n) is 8.99. The van der Waals surface area contributed by atoms with Gasteiger partial charge >= 0.3 is 6.18 Å². The number of carbonyl (C=O) groups is 1. The summed E-state index contributed by atoms with van der Waals surface area (Å²) in [4.78, 5) is 13.2. The quantitative estimate of drug-likeness (QED) is 0.371. The van der Waals surface area contributed by atoms with Gasteiger partial charge in [-0.2, -0.15) is 13.2 Å². The van der Waals surface area contributed by atoms with Crippen molar-refractivity contribution < 1.29 is 22.4 Å². The first-order valence-corrected chi connectivity index (χ1v) is 10.9. The van der Waals surface area contributed by atoms with Crippen LogP contribution in [0.15, 0.2) is 69.7 Å². The third-order valence-corrected chi connectivity index (χ3v) is 5.99. The number of carbonyl (C=O) groups excluding carboxylic acids is 1. The van der Waals surface area contributed by atoms with Gasteiger partial charge in [-0.15, -0.1) is 21.5 Å². The Balaban J connectivity index is 1.47. The van der Waals surface area contributed by atoms with Gasteiger partial charge in [0.2, 0.25) is 5.91 Å². The van der Waals surface area contributed by atoms with Crippen LogP contribution in [0, 0.1) is 0 Å². The van der Waals surface area contributed by atoms with Crippen LogP contribution in [-0.2, 0) is 17.5 Å². The van der Waals surface area contributed by atoms with E-state index < -0.39 is 17.6 Å². The summed E-state index contributed by atoms with van der Waals surface area (Å²) < 4.78 is 45.8. The highest BCUT2D eigenvalue weighted by atomic mass is 32.2. The van der Waals surface area contributed by atoms with Gasteiger partial charge in [0.15, 0.2) is 11.0 Å². The van der Waals surface area contributed by atoms with Crippen molar-refractivity contribution in [3.8, 4) is 10.7 Å². The molecule has 31 heavy (non-hydrogen) atoms. The molecule has 3 aromatic heterocycles. The van der Waals surface area contributed by atoms with Gasteiger partial charge in [0.25, 0.3) is 0 Å². The fourth-order valence-corrected chi connectivity index (χ4v) is 4.24. The summed E-state index contributed by atoms with van der Waals surface area (Å²) in [5, 5.41) is 13.4. The molecule has 3 heterocycles. The van der Waals surface area contributed by atoms with E-state index in [9.17, 15) is 18.0 Å². The van der Waals surface area contributed by atoms with Crippen molar-refractivity contribution in [2.24, 2.45) is 0 Å². The number of benzene rings is 1. The Kier molecular flexibility index (Phi) is 6.14. The van der Waals surface area contributed by atoms with Gasteiger partial charge in [-0.05, 0) is 41.8 Å². The molecule has 0 bridgehead atoms. The van der Waals surface area contributed by atoms with Crippen molar-refractivity contribution in [3.63, 3.8) is 0 Å². The fraction of sp³-hybridized carbons (Fsp3) is 0.150. The highest BCUT2D eigenvalue weighted by molar-refractivity contribution is 7.99. The second-order valence-electron chi connectivity index (χ2n) is 6.36. The van der Waals surface area contributed by atoms with Crippen LogP contribution in [0.4, 0.5) is 18.9 Å². The summed E-state index contributed by atoms with van der Waals surface area (Å²) >= 11 is 2.65. The Labute approximate surface area is 183 Å². The van der Waals surface area contributed by atoms with Crippen molar-refractivity contribution in [3.05, 3.63) is 71.5 Å². The molecule has 1 N–H and O–H groups in total. The van der Waals surface area contributed by atoms with E-state index in [2.05, 4.69) is 15.5 Å². The topological polar surface area (TPSA) is 73.0 Å². The Morgan fingerprint density at radius 1 is 1.16 bits per heavy atom. The fourth-order valence-electron chi connectivity index (χ4n) is 2.78. The van der Waals surface area contributed by atoms with Gasteiger partial charge < -0.3 is 9.73 Å². The molecule has 0 atom stereocenters. The molecular weight excluding hydrogens is 449 g/mol. The average molecular weight is 464 g/mol. The number of alkyl halides is 3. The lowest BCUT2D eigenvalue weighted by atomic mass is 10.2. The number of hydrogen-bond donors (Lipinski definition) is 1. The van der Waals surface area contributed by atoms with Gasteiger partial charge in [0.05, 0.1) is 29.0 Å². The van der Waals surface area contributed by atoms with Gasteiger partial charge in [0, 0.05) is 5.69 Å². The van der Waals surface area contributed by atoms with Crippen molar-refractivity contribution in [2.45, 2.75) is 17.9 Å². The van der Waals surface area contributed by atoms with Crippen LogP contribution in [0.25, 0.3) is 10.7 Å². The van der Waals surface area contributed by atoms with E-state index in [1.54, 1.807) is 12.3 Å². The van der Waals surface area contributed by atoms with Crippen LogP contribution >= 0.6 is 23.1 Å². The Morgan fingerprint density at radius 2 is 2.03 bits per heavy atom. The van der Waals surface area contributed by atoms with Gasteiger partial charge in [-0.1, -0.05) is 23.9 Å². The molecule has 160 valence electrons. The predicted octanol–water partition coefficient (Wildman–Crippen LogP) is 5.40. The van der Waals surface area contributed by atoms with Crippen LogP contribution in [-0.4, -0.2) is 26.4 Å². The van der Waals surface area contributed by atoms with Crippen molar-refractivity contribution >= 4 is 34.7 Å². The van der Waals surface area contributed by atoms with Gasteiger partial charge in [-0.25, -0.2) is 0 Å². The van der Waals surface area contributed by atoms with E-state index >= 15 is 0 Å². The number of halogens is 3. The van der Waals surface area contributed by atoms with Crippen LogP contribution in [0.2, 0.25) is 0 Å². The second kappa shape index (κ2) is 8.98. The zero-order valence-electron chi connectivity index (χ0n) is 15.8. The minimum Gasteiger partial charge on any atom is -0.467 e. The minimum atomic E-state index is -4.48. The van der Waals surface area contributed by atoms with E-state index in [1.165, 1.54) is 23.5 Å². The number of anilines is 1. The summed E-state index contributed by atoms with van der Waals surface area (Å²) in [5.41, 5.74) is -0.742. The number of aromatic nitrogens is 3. The zero-order valence-corrected chi connectivity index (χ0v) is 17.4. The monoisotopic (exact) mass is 464 g/mol. The minimum absolute atomic E-state index is 0.0447. The summed E-state index contributed by atoms with van der Waals surface area (Å²) in [7, 11) is 0. The number of nitrogens with zero attached hydrogens (tertiary/aromatic N) is 3. The molecule has 1 amide bonds. The van der Waals surface area contributed by atoms with Crippen LogP contribution in [0.5, 0.6) is 0 Å². The third kappa shape index (κ3) is 5.17. The maximum atomic E-state index is 12.9. The number of thiophene rings is 1. The third-order valence-electron chi connectivity index (χ3n) is 4.16. The highest BCUT2D eigenvalue weighted by Gasteiger charge is 2.30. The van der Waals surface area contributed by atoms with Gasteiger partial charge in [-0.3, -0.25) is 9.36 Å². The molecule has 0 aliphatic rings. The Bertz CT molecular complexity index is 1160. The van der Waals surface area contributed by atoms with Gasteiger partial charge in [0.1, 0.15) is 5.76 Å².